The molecule has 1 aliphatic carbocycles. The number of hydrogen-bond acceptors (Lipinski definition) is 1. The molecule has 1 aromatic rings. The van der Waals surface area contributed by atoms with Gasteiger partial charge < -0.3 is 0 Å². The third-order valence-corrected chi connectivity index (χ3v) is 2.52. The van der Waals surface area contributed by atoms with E-state index in [-0.39, 0.29) is 0 Å². The highest BCUT2D eigenvalue weighted by Gasteiger charge is 2.10. The predicted octanol–water partition coefficient (Wildman–Crippen LogP) is 3.82. The smallest absolute Gasteiger partial charge is 0.0525 e. The van der Waals surface area contributed by atoms with E-state index in [9.17, 15) is 0 Å². The highest BCUT2D eigenvalue weighted by Crippen LogP contribution is 2.26. The molecule has 2 nitrogen and oxygen atoms in total. The fourth-order valence-electron chi connectivity index (χ4n) is 1.66. The van der Waals surface area contributed by atoms with Crippen molar-refractivity contribution in [1.82, 2.24) is 10.2 Å². The topological polar surface area (TPSA) is 28.7 Å². The van der Waals surface area contributed by atoms with Crippen LogP contribution in [-0.2, 0) is 0 Å². The summed E-state index contributed by atoms with van der Waals surface area (Å²) < 4.78 is 0. The molecule has 2 rings (SSSR count). The zero-order valence-corrected chi connectivity index (χ0v) is 9.83. The molecule has 1 N–H and O–H groups in total. The summed E-state index contributed by atoms with van der Waals surface area (Å²) in [6.45, 7) is 6.18. The first kappa shape index (κ1) is 11.8. The van der Waals surface area contributed by atoms with Crippen LogP contribution in [0.3, 0.4) is 0 Å². The standard InChI is InChI=1S/C11H14N2.C2H6/c1-9-3-2-4-10(6-5-9)11-7-12-13-8-11;1-2/h2-4,7-8,10H,5-6H2,1H3,(H,12,13);1-2H3. The largest absolute Gasteiger partial charge is 0.285 e. The van der Waals surface area contributed by atoms with Crippen molar-refractivity contribution in [3.63, 3.8) is 0 Å². The fourth-order valence-corrected chi connectivity index (χ4v) is 1.66. The van der Waals surface area contributed by atoms with Crippen molar-refractivity contribution in [1.29, 1.82) is 0 Å². The van der Waals surface area contributed by atoms with Gasteiger partial charge in [0, 0.05) is 12.1 Å². The molecule has 0 saturated carbocycles. The van der Waals surface area contributed by atoms with Crippen LogP contribution in [0.2, 0.25) is 0 Å². The number of H-pyrrole nitrogens is 1. The molecule has 0 bridgehead atoms. The van der Waals surface area contributed by atoms with Gasteiger partial charge >= 0.3 is 0 Å². The minimum atomic E-state index is 0.535. The molecular formula is C13H20N2. The van der Waals surface area contributed by atoms with Gasteiger partial charge in [-0.2, -0.15) is 5.10 Å². The number of hydrogen-bond donors (Lipinski definition) is 1. The number of nitrogens with zero attached hydrogens (tertiary/aromatic N) is 1. The first-order chi connectivity index (χ1) is 7.36. The van der Waals surface area contributed by atoms with Gasteiger partial charge in [0.15, 0.2) is 0 Å². The summed E-state index contributed by atoms with van der Waals surface area (Å²) in [6.07, 6.45) is 12.9. The lowest BCUT2D eigenvalue weighted by Crippen LogP contribution is -1.92. The number of allylic oxidation sites excluding steroid dienone is 4. The number of nitrogens with one attached hydrogen (secondary N) is 1. The highest BCUT2D eigenvalue weighted by atomic mass is 15.1. The average molecular weight is 204 g/mol. The van der Waals surface area contributed by atoms with Gasteiger partial charge in [0.1, 0.15) is 0 Å². The second kappa shape index (κ2) is 6.23. The van der Waals surface area contributed by atoms with Crippen LogP contribution in [0.1, 0.15) is 45.1 Å². The summed E-state index contributed by atoms with van der Waals surface area (Å²) in [7, 11) is 0. The number of aromatic amines is 1. The number of aromatic nitrogens is 2. The Balaban J connectivity index is 0.000000531. The molecule has 0 spiro atoms. The third-order valence-electron chi connectivity index (χ3n) is 2.52. The normalized spacial score (nSPS) is 19.9. The SMILES string of the molecule is CC.CC1=CC=CC(c2cn[nH]c2)CC1. The van der Waals surface area contributed by atoms with E-state index in [0.717, 1.165) is 0 Å². The van der Waals surface area contributed by atoms with Gasteiger partial charge in [0.25, 0.3) is 0 Å². The van der Waals surface area contributed by atoms with Crippen molar-refractivity contribution >= 4 is 0 Å². The summed E-state index contributed by atoms with van der Waals surface area (Å²) in [5.74, 6) is 0.535. The van der Waals surface area contributed by atoms with Gasteiger partial charge in [-0.3, -0.25) is 5.10 Å². The number of rotatable bonds is 1. The van der Waals surface area contributed by atoms with E-state index in [1.807, 2.05) is 26.2 Å². The van der Waals surface area contributed by atoms with E-state index < -0.39 is 0 Å². The molecule has 1 aromatic heterocycles. The quantitative estimate of drug-likeness (QED) is 0.740. The highest BCUT2D eigenvalue weighted by molar-refractivity contribution is 5.24. The molecule has 0 fully saturated rings. The predicted molar refractivity (Wildman–Crippen MR) is 64.8 cm³/mol. The second-order valence-corrected chi connectivity index (χ2v) is 3.57. The van der Waals surface area contributed by atoms with E-state index in [1.165, 1.54) is 24.0 Å². The molecule has 1 unspecified atom stereocenters. The van der Waals surface area contributed by atoms with E-state index in [0.29, 0.717) is 5.92 Å². The molecule has 82 valence electrons. The van der Waals surface area contributed by atoms with Gasteiger partial charge in [-0.05, 0) is 25.3 Å². The zero-order valence-electron chi connectivity index (χ0n) is 9.83. The Morgan fingerprint density at radius 1 is 1.40 bits per heavy atom. The molecular weight excluding hydrogens is 184 g/mol. The molecule has 0 amide bonds. The summed E-state index contributed by atoms with van der Waals surface area (Å²) in [6, 6.07) is 0. The van der Waals surface area contributed by atoms with E-state index in [4.69, 9.17) is 0 Å². The lowest BCUT2D eigenvalue weighted by Gasteiger charge is -2.07. The minimum absolute atomic E-state index is 0.535. The van der Waals surface area contributed by atoms with Crippen LogP contribution in [0, 0.1) is 0 Å². The fraction of sp³-hybridized carbons (Fsp3) is 0.462. The summed E-state index contributed by atoms with van der Waals surface area (Å²) in [5, 5.41) is 6.83. The van der Waals surface area contributed by atoms with E-state index >= 15 is 0 Å². The van der Waals surface area contributed by atoms with Gasteiger partial charge in [-0.25, -0.2) is 0 Å². The monoisotopic (exact) mass is 204 g/mol. The van der Waals surface area contributed by atoms with Crippen molar-refractivity contribution in [2.45, 2.75) is 39.5 Å². The molecule has 1 heterocycles. The Morgan fingerprint density at radius 3 is 2.87 bits per heavy atom. The maximum Gasteiger partial charge on any atom is 0.0525 e. The van der Waals surface area contributed by atoms with Gasteiger partial charge in [0.05, 0.1) is 6.20 Å². The van der Waals surface area contributed by atoms with E-state index in [1.54, 1.807) is 0 Å². The van der Waals surface area contributed by atoms with Crippen molar-refractivity contribution < 1.29 is 0 Å². The van der Waals surface area contributed by atoms with Gasteiger partial charge in [-0.1, -0.05) is 37.6 Å². The van der Waals surface area contributed by atoms with Crippen LogP contribution in [0.5, 0.6) is 0 Å². The molecule has 15 heavy (non-hydrogen) atoms. The lowest BCUT2D eigenvalue weighted by atomic mass is 9.96. The van der Waals surface area contributed by atoms with E-state index in [2.05, 4.69) is 35.3 Å². The average Bonchev–Trinajstić information content (AvgIpc) is 2.72. The first-order valence-corrected chi connectivity index (χ1v) is 5.69. The van der Waals surface area contributed by atoms with Gasteiger partial charge in [-0.15, -0.1) is 0 Å². The maximum absolute atomic E-state index is 3.97. The second-order valence-electron chi connectivity index (χ2n) is 3.57. The third kappa shape index (κ3) is 3.39. The molecule has 0 aliphatic heterocycles. The molecule has 0 radical (unpaired) electrons. The van der Waals surface area contributed by atoms with Crippen LogP contribution >= 0.6 is 0 Å². The minimum Gasteiger partial charge on any atom is -0.285 e. The Kier molecular flexibility index (Phi) is 4.88. The Morgan fingerprint density at radius 2 is 2.20 bits per heavy atom. The Bertz CT molecular complexity index is 320. The van der Waals surface area contributed by atoms with Crippen molar-refractivity contribution in [2.75, 3.05) is 0 Å². The van der Waals surface area contributed by atoms with Crippen molar-refractivity contribution in [3.8, 4) is 0 Å². The maximum atomic E-state index is 3.97. The van der Waals surface area contributed by atoms with Crippen LogP contribution < -0.4 is 0 Å². The molecule has 0 saturated heterocycles. The summed E-state index contributed by atoms with van der Waals surface area (Å²) in [4.78, 5) is 0. The van der Waals surface area contributed by atoms with Crippen LogP contribution in [0.4, 0.5) is 0 Å². The zero-order chi connectivity index (χ0) is 11.1. The molecule has 2 heteroatoms. The van der Waals surface area contributed by atoms with Gasteiger partial charge in [0.2, 0.25) is 0 Å². The lowest BCUT2D eigenvalue weighted by molar-refractivity contribution is 0.738. The Labute approximate surface area is 92.1 Å². The van der Waals surface area contributed by atoms with Crippen LogP contribution in [0.25, 0.3) is 0 Å². The van der Waals surface area contributed by atoms with Crippen molar-refractivity contribution in [3.05, 3.63) is 41.8 Å². The van der Waals surface area contributed by atoms with Crippen LogP contribution in [0.15, 0.2) is 36.2 Å². The van der Waals surface area contributed by atoms with Crippen molar-refractivity contribution in [2.24, 2.45) is 0 Å². The summed E-state index contributed by atoms with van der Waals surface area (Å²) in [5.41, 5.74) is 2.75. The Hall–Kier alpha value is -1.31. The molecule has 1 aliphatic rings. The molecule has 1 atom stereocenters. The van der Waals surface area contributed by atoms with Crippen LogP contribution in [-0.4, -0.2) is 10.2 Å². The summed E-state index contributed by atoms with van der Waals surface area (Å²) >= 11 is 0. The molecule has 0 aromatic carbocycles. The first-order valence-electron chi connectivity index (χ1n) is 5.69.